The van der Waals surface area contributed by atoms with Gasteiger partial charge in [0.2, 0.25) is 0 Å². The van der Waals surface area contributed by atoms with E-state index in [9.17, 15) is 9.18 Å². The van der Waals surface area contributed by atoms with Crippen LogP contribution in [0.2, 0.25) is 0 Å². The summed E-state index contributed by atoms with van der Waals surface area (Å²) in [7, 11) is 0. The molecule has 4 heteroatoms. The highest BCUT2D eigenvalue weighted by molar-refractivity contribution is 5.79. The van der Waals surface area contributed by atoms with E-state index in [1.54, 1.807) is 0 Å². The van der Waals surface area contributed by atoms with Crippen molar-refractivity contribution in [1.29, 1.82) is 0 Å². The number of para-hydroxylation sites is 1. The van der Waals surface area contributed by atoms with Gasteiger partial charge in [0.25, 0.3) is 0 Å². The summed E-state index contributed by atoms with van der Waals surface area (Å²) < 4.78 is 24.9. The fraction of sp³-hybridized carbons (Fsp3) is 0.235. The molecular formula is C17H15FO3. The Morgan fingerprint density at radius 3 is 3.05 bits per heavy atom. The van der Waals surface area contributed by atoms with E-state index in [1.807, 2.05) is 19.1 Å². The van der Waals surface area contributed by atoms with Crippen LogP contribution in [0.1, 0.15) is 21.5 Å². The average Bonchev–Trinajstić information content (AvgIpc) is 2.87. The lowest BCUT2D eigenvalue weighted by Gasteiger charge is -2.14. The highest BCUT2D eigenvalue weighted by atomic mass is 19.1. The Balaban J connectivity index is 1.69. The number of carbonyl (C=O) groups excluding carboxylic acids is 1. The van der Waals surface area contributed by atoms with Gasteiger partial charge in [-0.1, -0.05) is 23.8 Å². The largest absolute Gasteiger partial charge is 0.486 e. The van der Waals surface area contributed by atoms with Crippen LogP contribution in [-0.4, -0.2) is 19.0 Å². The zero-order valence-corrected chi connectivity index (χ0v) is 11.6. The van der Waals surface area contributed by atoms with E-state index in [2.05, 4.69) is 6.07 Å². The van der Waals surface area contributed by atoms with Crippen LogP contribution >= 0.6 is 0 Å². The van der Waals surface area contributed by atoms with Crippen LogP contribution in [-0.2, 0) is 6.42 Å². The maximum absolute atomic E-state index is 13.7. The Labute approximate surface area is 122 Å². The van der Waals surface area contributed by atoms with E-state index < -0.39 is 5.82 Å². The average molecular weight is 286 g/mol. The number of benzene rings is 2. The van der Waals surface area contributed by atoms with E-state index in [4.69, 9.17) is 9.47 Å². The third-order valence-electron chi connectivity index (χ3n) is 3.50. The lowest BCUT2D eigenvalue weighted by atomic mass is 10.1. The molecule has 21 heavy (non-hydrogen) atoms. The van der Waals surface area contributed by atoms with Gasteiger partial charge in [-0.2, -0.15) is 0 Å². The molecule has 0 aliphatic carbocycles. The maximum Gasteiger partial charge on any atom is 0.165 e. The smallest absolute Gasteiger partial charge is 0.165 e. The number of halogens is 1. The van der Waals surface area contributed by atoms with Crippen molar-refractivity contribution in [3.05, 3.63) is 58.9 Å². The maximum atomic E-state index is 13.7. The van der Waals surface area contributed by atoms with Crippen molar-refractivity contribution in [2.45, 2.75) is 19.4 Å². The molecule has 0 saturated heterocycles. The summed E-state index contributed by atoms with van der Waals surface area (Å²) in [5.41, 5.74) is 2.52. The number of hydrogen-bond donors (Lipinski definition) is 0. The highest BCUT2D eigenvalue weighted by Gasteiger charge is 2.24. The van der Waals surface area contributed by atoms with E-state index >= 15 is 0 Å². The molecular weight excluding hydrogens is 271 g/mol. The summed E-state index contributed by atoms with van der Waals surface area (Å²) in [4.78, 5) is 10.9. The zero-order chi connectivity index (χ0) is 14.8. The standard InChI is InChI=1S/C17H15FO3/c1-11-5-6-16-13(7-11)8-14(21-16)10-20-17-12(9-19)3-2-4-15(17)18/h2-7,9,14H,8,10H2,1H3. The van der Waals surface area contributed by atoms with E-state index in [-0.39, 0.29) is 24.0 Å². The molecule has 1 aliphatic rings. The number of rotatable bonds is 4. The predicted molar refractivity (Wildman–Crippen MR) is 76.6 cm³/mol. The minimum Gasteiger partial charge on any atom is -0.486 e. The Morgan fingerprint density at radius 1 is 1.38 bits per heavy atom. The van der Waals surface area contributed by atoms with E-state index in [0.717, 1.165) is 17.7 Å². The van der Waals surface area contributed by atoms with Gasteiger partial charge in [-0.05, 0) is 30.7 Å². The fourth-order valence-electron chi connectivity index (χ4n) is 2.49. The third kappa shape index (κ3) is 2.75. The van der Waals surface area contributed by atoms with E-state index in [0.29, 0.717) is 6.29 Å². The highest BCUT2D eigenvalue weighted by Crippen LogP contribution is 2.30. The number of ether oxygens (including phenoxy) is 2. The molecule has 3 rings (SSSR count). The Bertz CT molecular complexity index is 682. The minimum atomic E-state index is -0.536. The van der Waals surface area contributed by atoms with Crippen molar-refractivity contribution < 1.29 is 18.7 Å². The van der Waals surface area contributed by atoms with Crippen LogP contribution in [0.5, 0.6) is 11.5 Å². The van der Waals surface area contributed by atoms with Gasteiger partial charge in [-0.3, -0.25) is 4.79 Å². The van der Waals surface area contributed by atoms with Gasteiger partial charge in [0.15, 0.2) is 17.9 Å². The topological polar surface area (TPSA) is 35.5 Å². The van der Waals surface area contributed by atoms with Crippen LogP contribution in [0.3, 0.4) is 0 Å². The molecule has 2 aromatic carbocycles. The predicted octanol–water partition coefficient (Wildman–Crippen LogP) is 3.33. The van der Waals surface area contributed by atoms with Crippen molar-refractivity contribution in [1.82, 2.24) is 0 Å². The number of carbonyl (C=O) groups is 1. The van der Waals surface area contributed by atoms with Crippen LogP contribution in [0, 0.1) is 12.7 Å². The van der Waals surface area contributed by atoms with Gasteiger partial charge in [0.1, 0.15) is 18.5 Å². The molecule has 1 aliphatic heterocycles. The molecule has 0 saturated carbocycles. The fourth-order valence-corrected chi connectivity index (χ4v) is 2.49. The number of aryl methyl sites for hydroxylation is 1. The first kappa shape index (κ1) is 13.6. The zero-order valence-electron chi connectivity index (χ0n) is 11.6. The van der Waals surface area contributed by atoms with Crippen molar-refractivity contribution in [3.8, 4) is 11.5 Å². The summed E-state index contributed by atoms with van der Waals surface area (Å²) in [6.45, 7) is 2.23. The molecule has 1 atom stereocenters. The summed E-state index contributed by atoms with van der Waals surface area (Å²) in [6, 6.07) is 10.3. The second kappa shape index (κ2) is 5.56. The van der Waals surface area contributed by atoms with Gasteiger partial charge >= 0.3 is 0 Å². The Kier molecular flexibility index (Phi) is 3.60. The minimum absolute atomic E-state index is 0.0109. The van der Waals surface area contributed by atoms with Crippen LogP contribution in [0.4, 0.5) is 4.39 Å². The lowest BCUT2D eigenvalue weighted by Crippen LogP contribution is -2.23. The quantitative estimate of drug-likeness (QED) is 0.809. The summed E-state index contributed by atoms with van der Waals surface area (Å²) in [6.07, 6.45) is 1.15. The molecule has 0 N–H and O–H groups in total. The SMILES string of the molecule is Cc1ccc2c(c1)CC(COc1c(F)cccc1C=O)O2. The first-order valence-corrected chi connectivity index (χ1v) is 6.80. The van der Waals surface area contributed by atoms with Crippen LogP contribution < -0.4 is 9.47 Å². The molecule has 1 unspecified atom stereocenters. The summed E-state index contributed by atoms with van der Waals surface area (Å²) in [5.74, 6) is 0.299. The first-order chi connectivity index (χ1) is 10.2. The lowest BCUT2D eigenvalue weighted by molar-refractivity contribution is 0.111. The van der Waals surface area contributed by atoms with Gasteiger partial charge in [-0.25, -0.2) is 4.39 Å². The van der Waals surface area contributed by atoms with E-state index in [1.165, 1.54) is 23.8 Å². The summed E-state index contributed by atoms with van der Waals surface area (Å²) in [5, 5.41) is 0. The monoisotopic (exact) mass is 286 g/mol. The van der Waals surface area contributed by atoms with Gasteiger partial charge in [0.05, 0.1) is 5.56 Å². The van der Waals surface area contributed by atoms with Crippen molar-refractivity contribution >= 4 is 6.29 Å². The molecule has 0 spiro atoms. The van der Waals surface area contributed by atoms with Crippen LogP contribution in [0.15, 0.2) is 36.4 Å². The number of hydrogen-bond acceptors (Lipinski definition) is 3. The molecule has 0 bridgehead atoms. The molecule has 1 heterocycles. The second-order valence-corrected chi connectivity index (χ2v) is 5.14. The van der Waals surface area contributed by atoms with Crippen LogP contribution in [0.25, 0.3) is 0 Å². The third-order valence-corrected chi connectivity index (χ3v) is 3.50. The molecule has 3 nitrogen and oxygen atoms in total. The first-order valence-electron chi connectivity index (χ1n) is 6.80. The molecule has 0 aromatic heterocycles. The van der Waals surface area contributed by atoms with Crippen molar-refractivity contribution in [2.24, 2.45) is 0 Å². The molecule has 2 aromatic rings. The van der Waals surface area contributed by atoms with Gasteiger partial charge in [-0.15, -0.1) is 0 Å². The number of aldehydes is 1. The Hall–Kier alpha value is -2.36. The molecule has 0 radical (unpaired) electrons. The van der Waals surface area contributed by atoms with Crippen molar-refractivity contribution in [2.75, 3.05) is 6.61 Å². The second-order valence-electron chi connectivity index (χ2n) is 5.14. The molecule has 108 valence electrons. The molecule has 0 fully saturated rings. The Morgan fingerprint density at radius 2 is 2.24 bits per heavy atom. The number of fused-ring (bicyclic) bond motifs is 1. The van der Waals surface area contributed by atoms with Gasteiger partial charge < -0.3 is 9.47 Å². The normalized spacial score (nSPS) is 16.2. The van der Waals surface area contributed by atoms with Gasteiger partial charge in [0, 0.05) is 6.42 Å². The molecule has 0 amide bonds. The van der Waals surface area contributed by atoms with Crippen molar-refractivity contribution in [3.63, 3.8) is 0 Å². The summed E-state index contributed by atoms with van der Waals surface area (Å²) >= 11 is 0.